The summed E-state index contributed by atoms with van der Waals surface area (Å²) in [4.78, 5) is 26.3. The summed E-state index contributed by atoms with van der Waals surface area (Å²) in [6.07, 6.45) is 1.59. The van der Waals surface area contributed by atoms with Crippen LogP contribution in [0.2, 0.25) is 0 Å². The van der Waals surface area contributed by atoms with Gasteiger partial charge in [0.2, 0.25) is 11.8 Å². The van der Waals surface area contributed by atoms with Crippen molar-refractivity contribution in [1.29, 1.82) is 0 Å². The number of hydrogen-bond donors (Lipinski definition) is 1. The first-order chi connectivity index (χ1) is 8.50. The lowest BCUT2D eigenvalue weighted by molar-refractivity contribution is -0.141. The summed E-state index contributed by atoms with van der Waals surface area (Å²) >= 11 is 0. The maximum atomic E-state index is 12.6. The van der Waals surface area contributed by atoms with E-state index in [2.05, 4.69) is 5.32 Å². The summed E-state index contributed by atoms with van der Waals surface area (Å²) in [6.45, 7) is 6.81. The highest BCUT2D eigenvalue weighted by Gasteiger charge is 2.43. The largest absolute Gasteiger partial charge is 0.383 e. The number of rotatable bonds is 5. The Morgan fingerprint density at radius 3 is 2.50 bits per heavy atom. The van der Waals surface area contributed by atoms with Gasteiger partial charge >= 0.3 is 0 Å². The molecule has 18 heavy (non-hydrogen) atoms. The molecule has 2 amide bonds. The number of hydrogen-bond acceptors (Lipinski definition) is 3. The fourth-order valence-corrected chi connectivity index (χ4v) is 2.47. The summed E-state index contributed by atoms with van der Waals surface area (Å²) in [5, 5.41) is 2.91. The standard InChI is InChI=1S/C13H24N2O3/c1-5-13(6-2)12(17)15(7-8-18-4)10(3)9-11(16)14-13/h10H,5-9H2,1-4H3,(H,14,16). The van der Waals surface area contributed by atoms with Crippen LogP contribution in [0.1, 0.15) is 40.0 Å². The van der Waals surface area contributed by atoms with Gasteiger partial charge < -0.3 is 15.0 Å². The fraction of sp³-hybridized carbons (Fsp3) is 0.846. The lowest BCUT2D eigenvalue weighted by Gasteiger charge is -2.35. The zero-order valence-corrected chi connectivity index (χ0v) is 11.8. The number of nitrogens with one attached hydrogen (secondary N) is 1. The highest BCUT2D eigenvalue weighted by molar-refractivity contribution is 5.93. The van der Waals surface area contributed by atoms with E-state index in [-0.39, 0.29) is 17.9 Å². The average molecular weight is 256 g/mol. The van der Waals surface area contributed by atoms with Crippen LogP contribution >= 0.6 is 0 Å². The predicted octanol–water partition coefficient (Wildman–Crippen LogP) is 0.929. The van der Waals surface area contributed by atoms with Gasteiger partial charge in [-0.2, -0.15) is 0 Å². The van der Waals surface area contributed by atoms with Crippen LogP contribution in [0.25, 0.3) is 0 Å². The van der Waals surface area contributed by atoms with Crippen molar-refractivity contribution in [1.82, 2.24) is 10.2 Å². The van der Waals surface area contributed by atoms with Crippen LogP contribution in [0, 0.1) is 0 Å². The minimum Gasteiger partial charge on any atom is -0.383 e. The van der Waals surface area contributed by atoms with Gasteiger partial charge in [-0.25, -0.2) is 0 Å². The molecular weight excluding hydrogens is 232 g/mol. The van der Waals surface area contributed by atoms with Crippen molar-refractivity contribution in [3.05, 3.63) is 0 Å². The molecule has 1 aliphatic rings. The molecule has 1 atom stereocenters. The molecule has 0 spiro atoms. The molecule has 0 radical (unpaired) electrons. The minimum atomic E-state index is -0.740. The average Bonchev–Trinajstić information content (AvgIpc) is 2.43. The second-order valence-corrected chi connectivity index (χ2v) is 4.88. The van der Waals surface area contributed by atoms with Crippen LogP contribution in [-0.4, -0.2) is 48.6 Å². The van der Waals surface area contributed by atoms with Gasteiger partial charge in [0.15, 0.2) is 0 Å². The van der Waals surface area contributed by atoms with Gasteiger partial charge in [-0.1, -0.05) is 13.8 Å². The van der Waals surface area contributed by atoms with Gasteiger partial charge in [0.05, 0.1) is 6.61 Å². The Bertz CT molecular complexity index is 313. The van der Waals surface area contributed by atoms with E-state index in [0.29, 0.717) is 32.4 Å². The van der Waals surface area contributed by atoms with Crippen molar-refractivity contribution in [3.63, 3.8) is 0 Å². The van der Waals surface area contributed by atoms with Crippen LogP contribution in [0.15, 0.2) is 0 Å². The first kappa shape index (κ1) is 15.0. The van der Waals surface area contributed by atoms with E-state index in [4.69, 9.17) is 4.74 Å². The quantitative estimate of drug-likeness (QED) is 0.796. The van der Waals surface area contributed by atoms with Crippen LogP contribution < -0.4 is 5.32 Å². The van der Waals surface area contributed by atoms with E-state index in [0.717, 1.165) is 0 Å². The van der Waals surface area contributed by atoms with Crippen molar-refractivity contribution in [2.24, 2.45) is 0 Å². The molecule has 1 unspecified atom stereocenters. The van der Waals surface area contributed by atoms with Gasteiger partial charge in [-0.15, -0.1) is 0 Å². The van der Waals surface area contributed by atoms with Crippen molar-refractivity contribution in [2.45, 2.75) is 51.6 Å². The first-order valence-corrected chi connectivity index (χ1v) is 6.61. The van der Waals surface area contributed by atoms with E-state index < -0.39 is 5.54 Å². The summed E-state index contributed by atoms with van der Waals surface area (Å²) in [5.74, 6) is -0.0256. The second-order valence-electron chi connectivity index (χ2n) is 4.88. The van der Waals surface area contributed by atoms with Gasteiger partial charge in [0.25, 0.3) is 0 Å². The maximum absolute atomic E-state index is 12.6. The maximum Gasteiger partial charge on any atom is 0.248 e. The first-order valence-electron chi connectivity index (χ1n) is 6.61. The predicted molar refractivity (Wildman–Crippen MR) is 69.1 cm³/mol. The topological polar surface area (TPSA) is 58.6 Å². The molecule has 1 rings (SSSR count). The van der Waals surface area contributed by atoms with E-state index in [1.807, 2.05) is 20.8 Å². The monoisotopic (exact) mass is 256 g/mol. The van der Waals surface area contributed by atoms with Gasteiger partial charge in [0, 0.05) is 26.1 Å². The van der Waals surface area contributed by atoms with E-state index in [1.165, 1.54) is 0 Å². The van der Waals surface area contributed by atoms with Crippen LogP contribution in [0.3, 0.4) is 0 Å². The summed E-state index contributed by atoms with van der Waals surface area (Å²) in [6, 6.07) is -0.0763. The lowest BCUT2D eigenvalue weighted by Crippen LogP contribution is -2.57. The van der Waals surface area contributed by atoms with Crippen molar-refractivity contribution >= 4 is 11.8 Å². The molecule has 5 heteroatoms. The Morgan fingerprint density at radius 1 is 1.39 bits per heavy atom. The number of ether oxygens (including phenoxy) is 1. The van der Waals surface area contributed by atoms with Crippen LogP contribution in [0.5, 0.6) is 0 Å². The van der Waals surface area contributed by atoms with Crippen molar-refractivity contribution in [3.8, 4) is 0 Å². The molecule has 0 aromatic heterocycles. The molecule has 1 fully saturated rings. The molecule has 0 aromatic rings. The van der Waals surface area contributed by atoms with Crippen molar-refractivity contribution < 1.29 is 14.3 Å². The number of amides is 2. The number of nitrogens with zero attached hydrogens (tertiary/aromatic N) is 1. The summed E-state index contributed by atoms with van der Waals surface area (Å²) in [7, 11) is 1.61. The molecule has 1 heterocycles. The molecule has 0 aromatic carbocycles. The Kier molecular flexibility index (Phi) is 5.14. The molecule has 0 saturated carbocycles. The third-order valence-electron chi connectivity index (χ3n) is 3.81. The Balaban J connectivity index is 3.01. The Morgan fingerprint density at radius 2 is 2.00 bits per heavy atom. The molecule has 1 N–H and O–H groups in total. The smallest absolute Gasteiger partial charge is 0.248 e. The minimum absolute atomic E-state index is 0.0166. The lowest BCUT2D eigenvalue weighted by atomic mass is 9.91. The molecule has 5 nitrogen and oxygen atoms in total. The molecular formula is C13H24N2O3. The van der Waals surface area contributed by atoms with Gasteiger partial charge in [-0.05, 0) is 19.8 Å². The van der Waals surface area contributed by atoms with Gasteiger partial charge in [0.1, 0.15) is 5.54 Å². The highest BCUT2D eigenvalue weighted by Crippen LogP contribution is 2.24. The van der Waals surface area contributed by atoms with E-state index in [9.17, 15) is 9.59 Å². The number of carbonyl (C=O) groups excluding carboxylic acids is 2. The highest BCUT2D eigenvalue weighted by atomic mass is 16.5. The Labute approximate surface area is 109 Å². The van der Waals surface area contributed by atoms with Crippen LogP contribution in [-0.2, 0) is 14.3 Å². The summed E-state index contributed by atoms with van der Waals surface area (Å²) < 4.78 is 5.05. The summed E-state index contributed by atoms with van der Waals surface area (Å²) in [5.41, 5.74) is -0.740. The number of carbonyl (C=O) groups is 2. The molecule has 1 saturated heterocycles. The SMILES string of the molecule is CCC1(CC)NC(=O)CC(C)N(CCOC)C1=O. The van der Waals surface area contributed by atoms with Crippen molar-refractivity contribution in [2.75, 3.05) is 20.3 Å². The molecule has 104 valence electrons. The molecule has 0 aliphatic carbocycles. The second kappa shape index (κ2) is 6.18. The van der Waals surface area contributed by atoms with Gasteiger partial charge in [-0.3, -0.25) is 9.59 Å². The molecule has 1 aliphatic heterocycles. The van der Waals surface area contributed by atoms with E-state index in [1.54, 1.807) is 12.0 Å². The third-order valence-corrected chi connectivity index (χ3v) is 3.81. The number of methoxy groups -OCH3 is 1. The molecule has 0 bridgehead atoms. The van der Waals surface area contributed by atoms with Crippen LogP contribution in [0.4, 0.5) is 0 Å². The Hall–Kier alpha value is -1.10. The fourth-order valence-electron chi connectivity index (χ4n) is 2.47. The normalized spacial score (nSPS) is 23.8. The zero-order chi connectivity index (χ0) is 13.8. The van der Waals surface area contributed by atoms with E-state index >= 15 is 0 Å². The zero-order valence-electron chi connectivity index (χ0n) is 11.8. The third kappa shape index (κ3) is 2.83.